The Balaban J connectivity index is 2.51. The minimum absolute atomic E-state index is 0.0781. The molecule has 5 nitrogen and oxygen atoms in total. The van der Waals surface area contributed by atoms with Gasteiger partial charge in [-0.05, 0) is 31.5 Å². The van der Waals surface area contributed by atoms with Crippen LogP contribution in [0.3, 0.4) is 0 Å². The van der Waals surface area contributed by atoms with Crippen molar-refractivity contribution in [2.45, 2.75) is 26.4 Å². The van der Waals surface area contributed by atoms with Gasteiger partial charge < -0.3 is 9.25 Å². The lowest BCUT2D eigenvalue weighted by Gasteiger charge is -2.06. The summed E-state index contributed by atoms with van der Waals surface area (Å²) in [6.45, 7) is 4.50. The maximum absolute atomic E-state index is 11.7. The summed E-state index contributed by atoms with van der Waals surface area (Å²) < 4.78 is 6.82. The Labute approximate surface area is 98.9 Å². The highest BCUT2D eigenvalue weighted by Crippen LogP contribution is 2.18. The second-order valence-corrected chi connectivity index (χ2v) is 4.16. The van der Waals surface area contributed by atoms with Crippen LogP contribution in [-0.2, 0) is 11.4 Å². The fourth-order valence-electron chi connectivity index (χ4n) is 1.83. The highest BCUT2D eigenvalue weighted by Gasteiger charge is 2.12. The van der Waals surface area contributed by atoms with Gasteiger partial charge in [0.25, 0.3) is 0 Å². The topological polar surface area (TPSA) is 56.4 Å². The predicted octanol–water partition coefficient (Wildman–Crippen LogP) is 1.83. The molecule has 92 valence electrons. The Hall–Kier alpha value is -1.59. The highest BCUT2D eigenvalue weighted by molar-refractivity contribution is 5.73. The molecule has 0 spiro atoms. The van der Waals surface area contributed by atoms with E-state index in [2.05, 4.69) is 5.48 Å². The lowest BCUT2D eigenvalue weighted by atomic mass is 10.2. The Bertz CT molecular complexity index is 569. The molecule has 2 aromatic rings. The zero-order valence-electron chi connectivity index (χ0n) is 10.2. The monoisotopic (exact) mass is 236 g/mol. The maximum Gasteiger partial charge on any atom is 0.420 e. The molecule has 1 N–H and O–H groups in total. The van der Waals surface area contributed by atoms with E-state index in [1.54, 1.807) is 11.7 Å². The van der Waals surface area contributed by atoms with Gasteiger partial charge in [0.2, 0.25) is 0 Å². The van der Waals surface area contributed by atoms with Gasteiger partial charge in [-0.25, -0.2) is 4.79 Å². The maximum atomic E-state index is 11.7. The van der Waals surface area contributed by atoms with Crippen molar-refractivity contribution >= 4 is 11.1 Å². The number of rotatable bonds is 4. The Morgan fingerprint density at radius 2 is 2.24 bits per heavy atom. The van der Waals surface area contributed by atoms with Crippen molar-refractivity contribution in [1.82, 2.24) is 10.0 Å². The van der Waals surface area contributed by atoms with Crippen molar-refractivity contribution in [3.8, 4) is 0 Å². The van der Waals surface area contributed by atoms with Crippen molar-refractivity contribution < 1.29 is 9.25 Å². The Kier molecular flexibility index (Phi) is 3.31. The molecule has 0 saturated heterocycles. The first-order valence-electron chi connectivity index (χ1n) is 5.53. The van der Waals surface area contributed by atoms with Gasteiger partial charge in [-0.3, -0.25) is 4.57 Å². The van der Waals surface area contributed by atoms with Gasteiger partial charge in [-0.2, -0.15) is 5.48 Å². The first kappa shape index (κ1) is 11.9. The summed E-state index contributed by atoms with van der Waals surface area (Å²) in [5, 5.41) is 0. The average Bonchev–Trinajstić information content (AvgIpc) is 2.61. The van der Waals surface area contributed by atoms with E-state index in [0.717, 1.165) is 11.1 Å². The SMILES string of the molecule is CONCc1ccc2oc(=O)n(C(C)C)c2c1. The fraction of sp³-hybridized carbons (Fsp3) is 0.417. The molecule has 0 aliphatic carbocycles. The summed E-state index contributed by atoms with van der Waals surface area (Å²) in [4.78, 5) is 16.5. The van der Waals surface area contributed by atoms with Gasteiger partial charge in [0.1, 0.15) is 0 Å². The third kappa shape index (κ3) is 2.25. The minimum atomic E-state index is -0.313. The molecular formula is C12H16N2O3. The first-order chi connectivity index (χ1) is 8.13. The third-order valence-electron chi connectivity index (χ3n) is 2.61. The van der Waals surface area contributed by atoms with Crippen molar-refractivity contribution in [3.63, 3.8) is 0 Å². The fourth-order valence-corrected chi connectivity index (χ4v) is 1.83. The van der Waals surface area contributed by atoms with E-state index < -0.39 is 0 Å². The zero-order chi connectivity index (χ0) is 12.4. The molecule has 2 rings (SSSR count). The van der Waals surface area contributed by atoms with E-state index in [0.29, 0.717) is 12.1 Å². The van der Waals surface area contributed by atoms with Crippen molar-refractivity contribution in [2.75, 3.05) is 7.11 Å². The number of benzene rings is 1. The summed E-state index contributed by atoms with van der Waals surface area (Å²) >= 11 is 0. The van der Waals surface area contributed by atoms with Gasteiger partial charge in [0.05, 0.1) is 12.6 Å². The second-order valence-electron chi connectivity index (χ2n) is 4.16. The highest BCUT2D eigenvalue weighted by atomic mass is 16.6. The van der Waals surface area contributed by atoms with Gasteiger partial charge >= 0.3 is 5.76 Å². The van der Waals surface area contributed by atoms with E-state index in [-0.39, 0.29) is 11.8 Å². The number of hydrogen-bond acceptors (Lipinski definition) is 4. The summed E-state index contributed by atoms with van der Waals surface area (Å²) in [6.07, 6.45) is 0. The molecule has 0 fully saturated rings. The van der Waals surface area contributed by atoms with Crippen LogP contribution in [0, 0.1) is 0 Å². The van der Waals surface area contributed by atoms with Crippen molar-refractivity contribution in [2.24, 2.45) is 0 Å². The number of nitrogens with zero attached hydrogens (tertiary/aromatic N) is 1. The molecule has 0 aliphatic heterocycles. The number of nitrogens with one attached hydrogen (secondary N) is 1. The van der Waals surface area contributed by atoms with Gasteiger partial charge in [0.15, 0.2) is 5.58 Å². The van der Waals surface area contributed by atoms with Crippen LogP contribution < -0.4 is 11.2 Å². The van der Waals surface area contributed by atoms with Crippen LogP contribution >= 0.6 is 0 Å². The molecule has 0 aliphatic rings. The third-order valence-corrected chi connectivity index (χ3v) is 2.61. The molecule has 1 heterocycles. The predicted molar refractivity (Wildman–Crippen MR) is 64.7 cm³/mol. The minimum Gasteiger partial charge on any atom is -0.408 e. The molecule has 0 saturated carbocycles. The standard InChI is InChI=1S/C12H16N2O3/c1-8(2)14-10-6-9(7-13-16-3)4-5-11(10)17-12(14)15/h4-6,8,13H,7H2,1-3H3. The van der Waals surface area contributed by atoms with Crippen LogP contribution in [-0.4, -0.2) is 11.7 Å². The number of oxazole rings is 1. The molecule has 0 amide bonds. The molecule has 17 heavy (non-hydrogen) atoms. The largest absolute Gasteiger partial charge is 0.420 e. The summed E-state index contributed by atoms with van der Waals surface area (Å²) in [6, 6.07) is 5.73. The number of hydroxylamine groups is 1. The molecule has 1 aromatic carbocycles. The van der Waals surface area contributed by atoms with Crippen LogP contribution in [0.1, 0.15) is 25.5 Å². The van der Waals surface area contributed by atoms with Crippen LogP contribution in [0.5, 0.6) is 0 Å². The van der Waals surface area contributed by atoms with E-state index in [9.17, 15) is 4.79 Å². The van der Waals surface area contributed by atoms with Crippen molar-refractivity contribution in [1.29, 1.82) is 0 Å². The van der Waals surface area contributed by atoms with Gasteiger partial charge in [0, 0.05) is 12.6 Å². The van der Waals surface area contributed by atoms with Gasteiger partial charge in [-0.15, -0.1) is 0 Å². The molecule has 0 radical (unpaired) electrons. The Morgan fingerprint density at radius 3 is 2.88 bits per heavy atom. The average molecular weight is 236 g/mol. The summed E-state index contributed by atoms with van der Waals surface area (Å²) in [5.41, 5.74) is 5.24. The summed E-state index contributed by atoms with van der Waals surface area (Å²) in [7, 11) is 1.57. The lowest BCUT2D eigenvalue weighted by Crippen LogP contribution is -2.16. The zero-order valence-corrected chi connectivity index (χ0v) is 10.2. The second kappa shape index (κ2) is 4.73. The van der Waals surface area contributed by atoms with Crippen LogP contribution in [0.15, 0.2) is 27.4 Å². The normalized spacial score (nSPS) is 11.5. The van der Waals surface area contributed by atoms with Gasteiger partial charge in [-0.1, -0.05) is 6.07 Å². The first-order valence-corrected chi connectivity index (χ1v) is 5.53. The van der Waals surface area contributed by atoms with E-state index in [1.807, 2.05) is 32.0 Å². The van der Waals surface area contributed by atoms with Crippen LogP contribution in [0.4, 0.5) is 0 Å². The molecule has 0 atom stereocenters. The Morgan fingerprint density at radius 1 is 1.47 bits per heavy atom. The van der Waals surface area contributed by atoms with E-state index >= 15 is 0 Å². The number of fused-ring (bicyclic) bond motifs is 1. The van der Waals surface area contributed by atoms with Crippen molar-refractivity contribution in [3.05, 3.63) is 34.3 Å². The number of aromatic nitrogens is 1. The lowest BCUT2D eigenvalue weighted by molar-refractivity contribution is 0.0867. The molecule has 0 bridgehead atoms. The number of hydrogen-bond donors (Lipinski definition) is 1. The summed E-state index contributed by atoms with van der Waals surface area (Å²) in [5.74, 6) is -0.313. The molecule has 5 heteroatoms. The molecule has 0 unspecified atom stereocenters. The smallest absolute Gasteiger partial charge is 0.408 e. The molecular weight excluding hydrogens is 220 g/mol. The van der Waals surface area contributed by atoms with Crippen LogP contribution in [0.25, 0.3) is 11.1 Å². The molecule has 1 aromatic heterocycles. The van der Waals surface area contributed by atoms with Crippen LogP contribution in [0.2, 0.25) is 0 Å². The van der Waals surface area contributed by atoms with E-state index in [4.69, 9.17) is 9.25 Å². The van der Waals surface area contributed by atoms with E-state index in [1.165, 1.54) is 0 Å². The quantitative estimate of drug-likeness (QED) is 0.823.